The topological polar surface area (TPSA) is 57.0 Å². The molecule has 1 saturated carbocycles. The molecule has 5 nitrogen and oxygen atoms in total. The zero-order chi connectivity index (χ0) is 20.5. The van der Waals surface area contributed by atoms with Gasteiger partial charge in [0.05, 0.1) is 16.6 Å². The van der Waals surface area contributed by atoms with E-state index >= 15 is 0 Å². The molecular weight excluding hydrogens is 414 g/mol. The number of nitrogens with zero attached hydrogens (tertiary/aromatic N) is 3. The zero-order valence-electron chi connectivity index (χ0n) is 16.6. The van der Waals surface area contributed by atoms with Crippen LogP contribution in [-0.4, -0.2) is 14.5 Å². The Morgan fingerprint density at radius 1 is 1.13 bits per heavy atom. The maximum Gasteiger partial charge on any atom is 0.262 e. The minimum atomic E-state index is 0.0658. The van der Waals surface area contributed by atoms with Gasteiger partial charge in [0.15, 0.2) is 5.16 Å². The normalized spacial score (nSPS) is 13.6. The molecule has 0 unspecified atom stereocenters. The van der Waals surface area contributed by atoms with E-state index in [2.05, 4.69) is 12.3 Å². The quantitative estimate of drug-likeness (QED) is 0.289. The number of fused-ring (bicyclic) bond motifs is 1. The molecule has 2 aromatic carbocycles. The molecule has 2 heterocycles. The highest BCUT2D eigenvalue weighted by molar-refractivity contribution is 7.98. The molecule has 4 aromatic rings. The van der Waals surface area contributed by atoms with E-state index in [0.29, 0.717) is 17.7 Å². The largest absolute Gasteiger partial charge is 0.486 e. The van der Waals surface area contributed by atoms with Gasteiger partial charge in [-0.3, -0.25) is 9.36 Å². The Morgan fingerprint density at radius 2 is 1.93 bits per heavy atom. The predicted molar refractivity (Wildman–Crippen MR) is 121 cm³/mol. The Balaban J connectivity index is 1.30. The third-order valence-corrected chi connectivity index (χ3v) is 6.88. The van der Waals surface area contributed by atoms with Crippen LogP contribution in [0, 0.1) is 6.92 Å². The van der Waals surface area contributed by atoms with E-state index in [1.165, 1.54) is 5.56 Å². The standard InChI is InChI=1S/C23H21N3O2S2/c1-15-6-10-18(11-7-15)28-12-21-24-16(13-29-21)14-30-23-25-20-5-3-2-4-19(20)22(27)26(23)17-8-9-17/h2-7,10-11,13,17H,8-9,12,14H2,1H3. The number of benzene rings is 2. The van der Waals surface area contributed by atoms with Gasteiger partial charge >= 0.3 is 0 Å². The van der Waals surface area contributed by atoms with Gasteiger partial charge in [0.25, 0.3) is 5.56 Å². The van der Waals surface area contributed by atoms with Gasteiger partial charge in [0, 0.05) is 17.2 Å². The maximum absolute atomic E-state index is 13.0. The number of aromatic nitrogens is 3. The lowest BCUT2D eigenvalue weighted by atomic mass is 10.2. The third kappa shape index (κ3) is 4.13. The summed E-state index contributed by atoms with van der Waals surface area (Å²) in [6.45, 7) is 2.51. The van der Waals surface area contributed by atoms with Crippen LogP contribution in [0.15, 0.2) is 63.9 Å². The van der Waals surface area contributed by atoms with Gasteiger partial charge in [-0.05, 0) is 44.0 Å². The highest BCUT2D eigenvalue weighted by Crippen LogP contribution is 2.37. The fourth-order valence-electron chi connectivity index (χ4n) is 3.28. The lowest BCUT2D eigenvalue weighted by molar-refractivity contribution is 0.305. The van der Waals surface area contributed by atoms with E-state index < -0.39 is 0 Å². The molecule has 1 aliphatic rings. The van der Waals surface area contributed by atoms with Crippen molar-refractivity contribution in [3.05, 3.63) is 80.5 Å². The molecule has 0 radical (unpaired) electrons. The average Bonchev–Trinajstić information content (AvgIpc) is 3.49. The fourth-order valence-corrected chi connectivity index (χ4v) is 5.05. The molecule has 0 spiro atoms. The van der Waals surface area contributed by atoms with Crippen LogP contribution in [-0.2, 0) is 12.4 Å². The molecule has 0 atom stereocenters. The van der Waals surface area contributed by atoms with E-state index in [-0.39, 0.29) is 11.6 Å². The second kappa shape index (κ2) is 8.24. The van der Waals surface area contributed by atoms with Crippen molar-refractivity contribution in [3.8, 4) is 5.75 Å². The third-order valence-electron chi connectivity index (χ3n) is 5.02. The summed E-state index contributed by atoms with van der Waals surface area (Å²) in [5.41, 5.74) is 3.02. The van der Waals surface area contributed by atoms with Crippen LogP contribution in [0.1, 0.15) is 35.1 Å². The summed E-state index contributed by atoms with van der Waals surface area (Å²) >= 11 is 3.18. The first-order valence-electron chi connectivity index (χ1n) is 9.94. The van der Waals surface area contributed by atoms with Crippen LogP contribution in [0.4, 0.5) is 0 Å². The summed E-state index contributed by atoms with van der Waals surface area (Å²) < 4.78 is 7.71. The monoisotopic (exact) mass is 435 g/mol. The first kappa shape index (κ1) is 19.3. The Bertz CT molecular complexity index is 1240. The highest BCUT2D eigenvalue weighted by Gasteiger charge is 2.28. The Hall–Kier alpha value is -2.64. The van der Waals surface area contributed by atoms with Gasteiger partial charge in [-0.2, -0.15) is 0 Å². The SMILES string of the molecule is Cc1ccc(OCc2nc(CSc3nc4ccccc4c(=O)n3C3CC3)cs2)cc1. The van der Waals surface area contributed by atoms with Crippen LogP contribution >= 0.6 is 23.1 Å². The van der Waals surface area contributed by atoms with Crippen LogP contribution in [0.3, 0.4) is 0 Å². The van der Waals surface area contributed by atoms with E-state index in [1.54, 1.807) is 23.1 Å². The molecule has 2 aromatic heterocycles. The highest BCUT2D eigenvalue weighted by atomic mass is 32.2. The first-order chi connectivity index (χ1) is 14.7. The molecule has 30 heavy (non-hydrogen) atoms. The van der Waals surface area contributed by atoms with Crippen LogP contribution < -0.4 is 10.3 Å². The van der Waals surface area contributed by atoms with Crippen molar-refractivity contribution in [2.45, 2.75) is 43.3 Å². The van der Waals surface area contributed by atoms with Crippen LogP contribution in [0.25, 0.3) is 10.9 Å². The van der Waals surface area contributed by atoms with Crippen molar-refractivity contribution in [2.75, 3.05) is 0 Å². The minimum Gasteiger partial charge on any atom is -0.486 e. The van der Waals surface area contributed by atoms with Crippen molar-refractivity contribution in [1.29, 1.82) is 0 Å². The van der Waals surface area contributed by atoms with Crippen LogP contribution in [0.5, 0.6) is 5.75 Å². The molecule has 0 aliphatic heterocycles. The number of hydrogen-bond donors (Lipinski definition) is 0. The number of thiazole rings is 1. The van der Waals surface area contributed by atoms with E-state index in [0.717, 1.165) is 40.0 Å². The van der Waals surface area contributed by atoms with Crippen molar-refractivity contribution in [1.82, 2.24) is 14.5 Å². The number of para-hydroxylation sites is 1. The first-order valence-corrected chi connectivity index (χ1v) is 11.8. The van der Waals surface area contributed by atoms with Crippen LogP contribution in [0.2, 0.25) is 0 Å². The lowest BCUT2D eigenvalue weighted by Crippen LogP contribution is -2.22. The second-order valence-electron chi connectivity index (χ2n) is 7.44. The summed E-state index contributed by atoms with van der Waals surface area (Å²) in [6.07, 6.45) is 2.09. The summed E-state index contributed by atoms with van der Waals surface area (Å²) in [5.74, 6) is 1.53. The summed E-state index contributed by atoms with van der Waals surface area (Å²) in [6, 6.07) is 15.9. The van der Waals surface area contributed by atoms with Gasteiger partial charge in [0.2, 0.25) is 0 Å². The second-order valence-corrected chi connectivity index (χ2v) is 9.33. The van der Waals surface area contributed by atoms with Gasteiger partial charge in [-0.25, -0.2) is 9.97 Å². The van der Waals surface area contributed by atoms with Crippen molar-refractivity contribution >= 4 is 34.0 Å². The van der Waals surface area contributed by atoms with E-state index in [9.17, 15) is 4.79 Å². The number of rotatable bonds is 7. The Kier molecular flexibility index (Phi) is 5.31. The number of aryl methyl sites for hydroxylation is 1. The summed E-state index contributed by atoms with van der Waals surface area (Å²) in [4.78, 5) is 22.4. The van der Waals surface area contributed by atoms with Gasteiger partial charge in [-0.15, -0.1) is 11.3 Å². The smallest absolute Gasteiger partial charge is 0.262 e. The molecular formula is C23H21N3O2S2. The molecule has 0 amide bonds. The molecule has 5 rings (SSSR count). The molecule has 0 saturated heterocycles. The molecule has 7 heteroatoms. The summed E-state index contributed by atoms with van der Waals surface area (Å²) in [5, 5.41) is 4.48. The van der Waals surface area contributed by atoms with Crippen molar-refractivity contribution in [2.24, 2.45) is 0 Å². The Labute approximate surface area is 182 Å². The predicted octanol–water partition coefficient (Wildman–Crippen LogP) is 5.37. The molecule has 152 valence electrons. The Morgan fingerprint density at radius 3 is 2.73 bits per heavy atom. The zero-order valence-corrected chi connectivity index (χ0v) is 18.2. The molecule has 1 aliphatic carbocycles. The lowest BCUT2D eigenvalue weighted by Gasteiger charge is -2.11. The average molecular weight is 436 g/mol. The van der Waals surface area contributed by atoms with Crippen molar-refractivity contribution in [3.63, 3.8) is 0 Å². The van der Waals surface area contributed by atoms with Gasteiger partial charge in [0.1, 0.15) is 17.4 Å². The molecule has 1 fully saturated rings. The fraction of sp³-hybridized carbons (Fsp3) is 0.261. The number of ether oxygens (including phenoxy) is 1. The van der Waals surface area contributed by atoms with E-state index in [1.807, 2.05) is 53.1 Å². The molecule has 0 bridgehead atoms. The van der Waals surface area contributed by atoms with Crippen molar-refractivity contribution < 1.29 is 4.74 Å². The van der Waals surface area contributed by atoms with E-state index in [4.69, 9.17) is 14.7 Å². The number of hydrogen-bond acceptors (Lipinski definition) is 6. The molecule has 0 N–H and O–H groups in total. The van der Waals surface area contributed by atoms with Gasteiger partial charge < -0.3 is 4.74 Å². The minimum absolute atomic E-state index is 0.0658. The number of thioether (sulfide) groups is 1. The summed E-state index contributed by atoms with van der Waals surface area (Å²) in [7, 11) is 0. The van der Waals surface area contributed by atoms with Gasteiger partial charge in [-0.1, -0.05) is 41.6 Å². The maximum atomic E-state index is 13.0.